The molecule has 3 rings (SSSR count). The van der Waals surface area contributed by atoms with Gasteiger partial charge < -0.3 is 20.7 Å². The number of ether oxygens (including phenoxy) is 1. The third-order valence-corrected chi connectivity index (χ3v) is 4.88. The molecule has 0 saturated carbocycles. The number of carbonyl (C=O) groups excluding carboxylic acids is 2. The van der Waals surface area contributed by atoms with E-state index in [1.54, 1.807) is 30.3 Å². The fourth-order valence-corrected chi connectivity index (χ4v) is 3.13. The van der Waals surface area contributed by atoms with E-state index in [9.17, 15) is 9.59 Å². The molecular weight excluding hydrogens is 426 g/mol. The molecule has 0 saturated heterocycles. The lowest BCUT2D eigenvalue weighted by Gasteiger charge is -2.12. The topological polar surface area (TPSA) is 79.5 Å². The van der Waals surface area contributed by atoms with Gasteiger partial charge in [-0.25, -0.2) is 0 Å². The van der Waals surface area contributed by atoms with Crippen molar-refractivity contribution in [1.29, 1.82) is 0 Å². The Bertz CT molecular complexity index is 1040. The SMILES string of the molecule is CCCC(=O)Nc1ccc(Cl)c(NCC(=O)Nc2ccc(OCc3ccccc3)cc2)c1. The van der Waals surface area contributed by atoms with Crippen LogP contribution in [0.4, 0.5) is 17.1 Å². The first-order chi connectivity index (χ1) is 15.5. The minimum Gasteiger partial charge on any atom is -0.489 e. The van der Waals surface area contributed by atoms with Gasteiger partial charge in [-0.1, -0.05) is 48.9 Å². The lowest BCUT2D eigenvalue weighted by molar-refractivity contribution is -0.116. The molecule has 32 heavy (non-hydrogen) atoms. The van der Waals surface area contributed by atoms with Crippen LogP contribution in [-0.2, 0) is 16.2 Å². The van der Waals surface area contributed by atoms with Crippen molar-refractivity contribution >= 4 is 40.5 Å². The normalized spacial score (nSPS) is 10.3. The minimum absolute atomic E-state index is 0.0261. The molecule has 2 amide bonds. The molecule has 6 nitrogen and oxygen atoms in total. The summed E-state index contributed by atoms with van der Waals surface area (Å²) < 4.78 is 5.75. The summed E-state index contributed by atoms with van der Waals surface area (Å²) in [6.07, 6.45) is 1.22. The number of hydrogen-bond acceptors (Lipinski definition) is 4. The highest BCUT2D eigenvalue weighted by atomic mass is 35.5. The molecule has 7 heteroatoms. The zero-order chi connectivity index (χ0) is 22.8. The van der Waals surface area contributed by atoms with E-state index in [2.05, 4.69) is 16.0 Å². The van der Waals surface area contributed by atoms with Gasteiger partial charge in [-0.15, -0.1) is 0 Å². The number of hydrogen-bond donors (Lipinski definition) is 3. The standard InChI is InChI=1S/C25H26ClN3O3/c1-2-6-24(30)29-20-11-14-22(26)23(15-20)27-16-25(31)28-19-9-12-21(13-10-19)32-17-18-7-4-3-5-8-18/h3-5,7-15,27H,2,6,16-17H2,1H3,(H,28,31)(H,29,30). The summed E-state index contributed by atoms with van der Waals surface area (Å²) in [7, 11) is 0. The molecule has 0 spiro atoms. The van der Waals surface area contributed by atoms with Crippen molar-refractivity contribution in [2.45, 2.75) is 26.4 Å². The maximum atomic E-state index is 12.3. The molecule has 0 fully saturated rings. The molecule has 0 aromatic heterocycles. The molecule has 3 aromatic carbocycles. The molecule has 0 aliphatic rings. The smallest absolute Gasteiger partial charge is 0.243 e. The first-order valence-electron chi connectivity index (χ1n) is 10.4. The Morgan fingerprint density at radius 2 is 1.56 bits per heavy atom. The van der Waals surface area contributed by atoms with Crippen LogP contribution in [-0.4, -0.2) is 18.4 Å². The Morgan fingerprint density at radius 3 is 2.28 bits per heavy atom. The second-order valence-electron chi connectivity index (χ2n) is 7.19. The summed E-state index contributed by atoms with van der Waals surface area (Å²) in [5, 5.41) is 9.11. The number of amides is 2. The number of halogens is 1. The van der Waals surface area contributed by atoms with E-state index in [0.29, 0.717) is 35.1 Å². The van der Waals surface area contributed by atoms with Gasteiger partial charge in [0.15, 0.2) is 0 Å². The molecule has 166 valence electrons. The van der Waals surface area contributed by atoms with E-state index in [1.165, 1.54) is 0 Å². The second-order valence-corrected chi connectivity index (χ2v) is 7.60. The number of nitrogens with one attached hydrogen (secondary N) is 3. The third kappa shape index (κ3) is 7.32. The van der Waals surface area contributed by atoms with Gasteiger partial charge >= 0.3 is 0 Å². The number of rotatable bonds is 10. The first-order valence-corrected chi connectivity index (χ1v) is 10.8. The fourth-order valence-electron chi connectivity index (χ4n) is 2.95. The minimum atomic E-state index is -0.223. The zero-order valence-corrected chi connectivity index (χ0v) is 18.6. The van der Waals surface area contributed by atoms with E-state index >= 15 is 0 Å². The van der Waals surface area contributed by atoms with Crippen molar-refractivity contribution in [3.8, 4) is 5.75 Å². The average Bonchev–Trinajstić information content (AvgIpc) is 2.80. The van der Waals surface area contributed by atoms with Gasteiger partial charge in [-0.05, 0) is 54.4 Å². The van der Waals surface area contributed by atoms with E-state index in [1.807, 2.05) is 49.4 Å². The molecule has 0 radical (unpaired) electrons. The molecule has 0 unspecified atom stereocenters. The van der Waals surface area contributed by atoms with Crippen LogP contribution >= 0.6 is 11.6 Å². The maximum Gasteiger partial charge on any atom is 0.243 e. The van der Waals surface area contributed by atoms with E-state index in [4.69, 9.17) is 16.3 Å². The van der Waals surface area contributed by atoms with Crippen LogP contribution in [0.15, 0.2) is 72.8 Å². The number of anilines is 3. The van der Waals surface area contributed by atoms with Crippen LogP contribution in [0.3, 0.4) is 0 Å². The van der Waals surface area contributed by atoms with Crippen LogP contribution in [0.25, 0.3) is 0 Å². The Kier molecular flexibility index (Phi) is 8.52. The predicted octanol–water partition coefficient (Wildman–Crippen LogP) is 5.71. The highest BCUT2D eigenvalue weighted by Gasteiger charge is 2.08. The van der Waals surface area contributed by atoms with Gasteiger partial charge in [0.2, 0.25) is 11.8 Å². The quantitative estimate of drug-likeness (QED) is 0.369. The lowest BCUT2D eigenvalue weighted by atomic mass is 10.2. The lowest BCUT2D eigenvalue weighted by Crippen LogP contribution is -2.22. The van der Waals surface area contributed by atoms with Crippen LogP contribution in [0, 0.1) is 0 Å². The van der Waals surface area contributed by atoms with Crippen LogP contribution in [0.2, 0.25) is 5.02 Å². The van der Waals surface area contributed by atoms with Gasteiger partial charge in [0.1, 0.15) is 12.4 Å². The summed E-state index contributed by atoms with van der Waals surface area (Å²) in [6.45, 7) is 2.45. The van der Waals surface area contributed by atoms with E-state index in [0.717, 1.165) is 17.7 Å². The number of carbonyl (C=O) groups is 2. The van der Waals surface area contributed by atoms with Gasteiger partial charge in [0.25, 0.3) is 0 Å². The highest BCUT2D eigenvalue weighted by Crippen LogP contribution is 2.25. The molecule has 3 aromatic rings. The Balaban J connectivity index is 1.48. The van der Waals surface area contributed by atoms with Crippen molar-refractivity contribution in [2.24, 2.45) is 0 Å². The Labute approximate surface area is 192 Å². The van der Waals surface area contributed by atoms with Crippen molar-refractivity contribution in [2.75, 3.05) is 22.5 Å². The molecule has 0 aliphatic heterocycles. The van der Waals surface area contributed by atoms with Gasteiger partial charge in [-0.2, -0.15) is 0 Å². The molecule has 0 bridgehead atoms. The van der Waals surface area contributed by atoms with Gasteiger partial charge in [-0.3, -0.25) is 9.59 Å². The third-order valence-electron chi connectivity index (χ3n) is 4.55. The number of benzene rings is 3. The van der Waals surface area contributed by atoms with Crippen molar-refractivity contribution in [3.05, 3.63) is 83.4 Å². The summed E-state index contributed by atoms with van der Waals surface area (Å²) in [6, 6.07) is 22.2. The van der Waals surface area contributed by atoms with Crippen LogP contribution in [0.5, 0.6) is 5.75 Å². The van der Waals surface area contributed by atoms with Crippen molar-refractivity contribution in [1.82, 2.24) is 0 Å². The maximum absolute atomic E-state index is 12.3. The summed E-state index contributed by atoms with van der Waals surface area (Å²) in [5.41, 5.74) is 2.95. The van der Waals surface area contributed by atoms with E-state index in [-0.39, 0.29) is 18.4 Å². The summed E-state index contributed by atoms with van der Waals surface area (Å²) in [5.74, 6) is 0.438. The molecule has 0 atom stereocenters. The van der Waals surface area contributed by atoms with Crippen LogP contribution < -0.4 is 20.7 Å². The highest BCUT2D eigenvalue weighted by molar-refractivity contribution is 6.33. The second kappa shape index (κ2) is 11.8. The first kappa shape index (κ1) is 23.2. The molecule has 3 N–H and O–H groups in total. The van der Waals surface area contributed by atoms with Gasteiger partial charge in [0, 0.05) is 17.8 Å². The molecular formula is C25H26ClN3O3. The molecule has 0 heterocycles. The van der Waals surface area contributed by atoms with Gasteiger partial charge in [0.05, 0.1) is 17.3 Å². The van der Waals surface area contributed by atoms with E-state index < -0.39 is 0 Å². The molecule has 0 aliphatic carbocycles. The Morgan fingerprint density at radius 1 is 0.875 bits per heavy atom. The fraction of sp³-hybridized carbons (Fsp3) is 0.200. The summed E-state index contributed by atoms with van der Waals surface area (Å²) >= 11 is 6.21. The van der Waals surface area contributed by atoms with Crippen LogP contribution in [0.1, 0.15) is 25.3 Å². The zero-order valence-electron chi connectivity index (χ0n) is 17.9. The largest absolute Gasteiger partial charge is 0.489 e. The monoisotopic (exact) mass is 451 g/mol. The Hall–Kier alpha value is -3.51. The van der Waals surface area contributed by atoms with Crippen molar-refractivity contribution < 1.29 is 14.3 Å². The van der Waals surface area contributed by atoms with Crippen molar-refractivity contribution in [3.63, 3.8) is 0 Å². The summed E-state index contributed by atoms with van der Waals surface area (Å²) in [4.78, 5) is 24.1. The predicted molar refractivity (Wildman–Crippen MR) is 129 cm³/mol. The average molecular weight is 452 g/mol.